The van der Waals surface area contributed by atoms with Crippen molar-refractivity contribution in [2.75, 3.05) is 19.5 Å². The van der Waals surface area contributed by atoms with Gasteiger partial charge in [-0.2, -0.15) is 5.26 Å². The van der Waals surface area contributed by atoms with Gasteiger partial charge in [-0.25, -0.2) is 0 Å². The zero-order chi connectivity index (χ0) is 11.0. The largest absolute Gasteiger partial charge is 0.495 e. The molecule has 3 heteroatoms. The molecule has 0 radical (unpaired) electrons. The summed E-state index contributed by atoms with van der Waals surface area (Å²) in [4.78, 5) is 0. The van der Waals surface area contributed by atoms with E-state index in [4.69, 9.17) is 10.00 Å². The van der Waals surface area contributed by atoms with Crippen LogP contribution in [-0.2, 0) is 0 Å². The lowest BCUT2D eigenvalue weighted by atomic mass is 10.2. The maximum atomic E-state index is 8.60. The van der Waals surface area contributed by atoms with Gasteiger partial charge in [0.25, 0.3) is 0 Å². The first-order valence-electron chi connectivity index (χ1n) is 4.57. The molecule has 0 spiro atoms. The smallest absolute Gasteiger partial charge is 0.143 e. The van der Waals surface area contributed by atoms with Crippen molar-refractivity contribution < 1.29 is 4.74 Å². The molecule has 76 valence electrons. The van der Waals surface area contributed by atoms with Crippen LogP contribution in [0.4, 0.5) is 5.69 Å². The minimum atomic E-state index is 0.603. The molecule has 0 amide bonds. The van der Waals surface area contributed by atoms with Crippen LogP contribution >= 0.6 is 0 Å². The van der Waals surface area contributed by atoms with Crippen LogP contribution in [-0.4, -0.2) is 14.2 Å². The number of nitrogens with one attached hydrogen (secondary N) is 1. The lowest BCUT2D eigenvalue weighted by molar-refractivity contribution is 0.416. The number of anilines is 1. The number of ether oxygens (including phenoxy) is 1. The van der Waals surface area contributed by atoms with Gasteiger partial charge >= 0.3 is 0 Å². The average molecular weight is 192 g/mol. The van der Waals surface area contributed by atoms with Crippen LogP contribution in [0.15, 0.2) is 18.2 Å². The second kappa shape index (κ2) is 6.79. The Morgan fingerprint density at radius 2 is 2.00 bits per heavy atom. The average Bonchev–Trinajstić information content (AvgIpc) is 2.30. The third kappa shape index (κ3) is 2.98. The van der Waals surface area contributed by atoms with Crippen molar-refractivity contribution >= 4 is 5.69 Å². The topological polar surface area (TPSA) is 45.0 Å². The van der Waals surface area contributed by atoms with Crippen molar-refractivity contribution in [1.82, 2.24) is 0 Å². The van der Waals surface area contributed by atoms with Crippen LogP contribution in [0, 0.1) is 11.3 Å². The zero-order valence-electron chi connectivity index (χ0n) is 9.09. The van der Waals surface area contributed by atoms with Gasteiger partial charge < -0.3 is 10.1 Å². The first-order chi connectivity index (χ1) is 6.81. The molecule has 0 fully saturated rings. The summed E-state index contributed by atoms with van der Waals surface area (Å²) in [6, 6.07) is 7.31. The van der Waals surface area contributed by atoms with Gasteiger partial charge in [-0.05, 0) is 12.1 Å². The maximum Gasteiger partial charge on any atom is 0.143 e. The summed E-state index contributed by atoms with van der Waals surface area (Å²) in [5.74, 6) is 0.691. The van der Waals surface area contributed by atoms with Crippen molar-refractivity contribution in [3.8, 4) is 11.8 Å². The molecule has 0 saturated carbocycles. The van der Waals surface area contributed by atoms with Gasteiger partial charge in [0.2, 0.25) is 0 Å². The summed E-state index contributed by atoms with van der Waals surface area (Å²) in [5.41, 5.74) is 1.49. The van der Waals surface area contributed by atoms with Crippen molar-refractivity contribution in [2.45, 2.75) is 13.8 Å². The number of benzene rings is 1. The second-order valence-electron chi connectivity index (χ2n) is 2.28. The number of hydrogen-bond acceptors (Lipinski definition) is 3. The lowest BCUT2D eigenvalue weighted by Crippen LogP contribution is -1.93. The summed E-state index contributed by atoms with van der Waals surface area (Å²) in [5, 5.41) is 11.6. The lowest BCUT2D eigenvalue weighted by Gasteiger charge is -2.06. The maximum absolute atomic E-state index is 8.60. The summed E-state index contributed by atoms with van der Waals surface area (Å²) in [6.45, 7) is 4.00. The summed E-state index contributed by atoms with van der Waals surface area (Å²) < 4.78 is 5.07. The highest BCUT2D eigenvalue weighted by atomic mass is 16.5. The van der Waals surface area contributed by atoms with Crippen LogP contribution in [0.3, 0.4) is 0 Å². The number of rotatable bonds is 2. The van der Waals surface area contributed by atoms with E-state index in [1.165, 1.54) is 0 Å². The summed E-state index contributed by atoms with van der Waals surface area (Å²) in [6.07, 6.45) is 0. The SMILES string of the molecule is CC.CNc1ccc(C#N)cc1OC. The number of nitriles is 1. The van der Waals surface area contributed by atoms with E-state index in [-0.39, 0.29) is 0 Å². The molecule has 0 saturated heterocycles. The molecular weight excluding hydrogens is 176 g/mol. The summed E-state index contributed by atoms with van der Waals surface area (Å²) in [7, 11) is 3.39. The molecule has 0 heterocycles. The van der Waals surface area contributed by atoms with E-state index in [9.17, 15) is 0 Å². The van der Waals surface area contributed by atoms with Crippen LogP contribution in [0.5, 0.6) is 5.75 Å². The Kier molecular flexibility index (Phi) is 5.97. The highest BCUT2D eigenvalue weighted by Crippen LogP contribution is 2.24. The van der Waals surface area contributed by atoms with Crippen LogP contribution in [0.25, 0.3) is 0 Å². The number of hydrogen-bond donors (Lipinski definition) is 1. The fourth-order valence-corrected chi connectivity index (χ4v) is 0.967. The number of nitrogens with zero attached hydrogens (tertiary/aromatic N) is 1. The first-order valence-corrected chi connectivity index (χ1v) is 4.57. The Balaban J connectivity index is 0.000000791. The zero-order valence-corrected chi connectivity index (χ0v) is 9.09. The standard InChI is InChI=1S/C9H10N2O.C2H6/c1-11-8-4-3-7(6-10)5-9(8)12-2;1-2/h3-5,11H,1-2H3;1-2H3. The quantitative estimate of drug-likeness (QED) is 0.783. The molecule has 1 aromatic rings. The molecule has 0 aromatic heterocycles. The van der Waals surface area contributed by atoms with E-state index in [0.29, 0.717) is 11.3 Å². The molecule has 0 unspecified atom stereocenters. The van der Waals surface area contributed by atoms with Gasteiger partial charge in [-0.1, -0.05) is 13.8 Å². The second-order valence-corrected chi connectivity index (χ2v) is 2.28. The fraction of sp³-hybridized carbons (Fsp3) is 0.364. The summed E-state index contributed by atoms with van der Waals surface area (Å²) >= 11 is 0. The van der Waals surface area contributed by atoms with Crippen molar-refractivity contribution in [3.63, 3.8) is 0 Å². The van der Waals surface area contributed by atoms with Gasteiger partial charge in [-0.3, -0.25) is 0 Å². The normalized spacial score (nSPS) is 7.93. The molecule has 0 aliphatic heterocycles. The third-order valence-electron chi connectivity index (χ3n) is 1.60. The molecule has 0 aliphatic rings. The van der Waals surface area contributed by atoms with Crippen LogP contribution in [0.1, 0.15) is 19.4 Å². The van der Waals surface area contributed by atoms with E-state index in [1.807, 2.05) is 33.0 Å². The van der Waals surface area contributed by atoms with E-state index in [2.05, 4.69) is 5.32 Å². The Bertz CT molecular complexity index is 316. The van der Waals surface area contributed by atoms with Crippen molar-refractivity contribution in [3.05, 3.63) is 23.8 Å². The van der Waals surface area contributed by atoms with Gasteiger partial charge in [-0.15, -0.1) is 0 Å². The molecule has 0 bridgehead atoms. The monoisotopic (exact) mass is 192 g/mol. The van der Waals surface area contributed by atoms with E-state index in [0.717, 1.165) is 5.69 Å². The van der Waals surface area contributed by atoms with Crippen LogP contribution < -0.4 is 10.1 Å². The predicted molar refractivity (Wildman–Crippen MR) is 58.6 cm³/mol. The van der Waals surface area contributed by atoms with Gasteiger partial charge in [0, 0.05) is 13.1 Å². The Morgan fingerprint density at radius 3 is 2.43 bits per heavy atom. The Labute approximate surface area is 85.3 Å². The molecular formula is C11H16N2O. The van der Waals surface area contributed by atoms with Crippen LogP contribution in [0.2, 0.25) is 0 Å². The molecule has 1 aromatic carbocycles. The minimum Gasteiger partial charge on any atom is -0.495 e. The predicted octanol–water partition coefficient (Wildman–Crippen LogP) is 2.63. The highest BCUT2D eigenvalue weighted by Gasteiger charge is 2.00. The minimum absolute atomic E-state index is 0.603. The molecule has 0 aliphatic carbocycles. The Hall–Kier alpha value is -1.69. The molecule has 1 N–H and O–H groups in total. The Morgan fingerprint density at radius 1 is 1.36 bits per heavy atom. The van der Waals surface area contributed by atoms with E-state index >= 15 is 0 Å². The van der Waals surface area contributed by atoms with E-state index in [1.54, 1.807) is 19.2 Å². The first kappa shape index (κ1) is 12.3. The van der Waals surface area contributed by atoms with Crippen molar-refractivity contribution in [1.29, 1.82) is 5.26 Å². The molecule has 3 nitrogen and oxygen atoms in total. The fourth-order valence-electron chi connectivity index (χ4n) is 0.967. The van der Waals surface area contributed by atoms with E-state index < -0.39 is 0 Å². The van der Waals surface area contributed by atoms with Gasteiger partial charge in [0.05, 0.1) is 24.4 Å². The van der Waals surface area contributed by atoms with Gasteiger partial charge in [0.15, 0.2) is 0 Å². The van der Waals surface area contributed by atoms with Gasteiger partial charge in [0.1, 0.15) is 5.75 Å². The highest BCUT2D eigenvalue weighted by molar-refractivity contribution is 5.58. The molecule has 0 atom stereocenters. The van der Waals surface area contributed by atoms with Crippen molar-refractivity contribution in [2.24, 2.45) is 0 Å². The molecule has 14 heavy (non-hydrogen) atoms. The third-order valence-corrected chi connectivity index (χ3v) is 1.60. The molecule has 1 rings (SSSR count). The number of methoxy groups -OCH3 is 1.